The minimum Gasteiger partial charge on any atom is -0.318 e. The Kier molecular flexibility index (Phi) is 4.02. The second-order valence-corrected chi connectivity index (χ2v) is 4.31. The summed E-state index contributed by atoms with van der Waals surface area (Å²) in [6.45, 7) is 6.47. The summed E-state index contributed by atoms with van der Waals surface area (Å²) in [5, 5.41) is 3.25. The minimum absolute atomic E-state index is 0.623. The van der Waals surface area contributed by atoms with E-state index < -0.39 is 0 Å². The highest BCUT2D eigenvalue weighted by Crippen LogP contribution is 2.32. The van der Waals surface area contributed by atoms with Crippen LogP contribution in [0.25, 0.3) is 0 Å². The Morgan fingerprint density at radius 1 is 1.33 bits per heavy atom. The molecule has 2 unspecified atom stereocenters. The lowest BCUT2D eigenvalue weighted by Crippen LogP contribution is -2.34. The summed E-state index contributed by atoms with van der Waals surface area (Å²) < 4.78 is 0. The molecule has 3 atom stereocenters. The number of nitrogens with two attached hydrogens (primary N) is 1. The van der Waals surface area contributed by atoms with E-state index in [1.54, 1.807) is 0 Å². The first-order valence-corrected chi connectivity index (χ1v) is 5.14. The lowest BCUT2D eigenvalue weighted by molar-refractivity contribution is 0.199. The first-order valence-electron chi connectivity index (χ1n) is 5.14. The quantitative estimate of drug-likeness (QED) is 0.631. The van der Waals surface area contributed by atoms with Gasteiger partial charge in [-0.2, -0.15) is 0 Å². The third kappa shape index (κ3) is 2.76. The van der Waals surface area contributed by atoms with Gasteiger partial charge in [0.15, 0.2) is 0 Å². The molecule has 1 aliphatic rings. The second kappa shape index (κ2) is 4.83. The van der Waals surface area contributed by atoms with Crippen molar-refractivity contribution in [1.82, 2.24) is 5.32 Å². The number of hydrogen-bond acceptors (Lipinski definition) is 2. The summed E-state index contributed by atoms with van der Waals surface area (Å²) in [6.07, 6.45) is 4.20. The second-order valence-electron chi connectivity index (χ2n) is 4.31. The minimum atomic E-state index is 0.623. The molecule has 1 aliphatic carbocycles. The van der Waals surface area contributed by atoms with Gasteiger partial charge < -0.3 is 11.1 Å². The molecule has 0 aromatic carbocycles. The Bertz CT molecular complexity index is 125. The normalized spacial score (nSPS) is 36.8. The molecule has 0 heterocycles. The average molecular weight is 170 g/mol. The van der Waals surface area contributed by atoms with Crippen molar-refractivity contribution >= 4 is 0 Å². The van der Waals surface area contributed by atoms with E-state index in [4.69, 9.17) is 5.73 Å². The van der Waals surface area contributed by atoms with Crippen molar-refractivity contribution in [1.29, 1.82) is 0 Å². The van der Waals surface area contributed by atoms with Crippen LogP contribution in [0.2, 0.25) is 0 Å². The van der Waals surface area contributed by atoms with E-state index >= 15 is 0 Å². The largest absolute Gasteiger partial charge is 0.318 e. The Labute approximate surface area is 75.9 Å². The zero-order valence-electron chi connectivity index (χ0n) is 8.34. The molecule has 0 spiro atoms. The summed E-state index contributed by atoms with van der Waals surface area (Å²) in [5.74, 6) is 2.67. The third-order valence-electron chi connectivity index (χ3n) is 3.18. The summed E-state index contributed by atoms with van der Waals surface area (Å²) >= 11 is 0. The fraction of sp³-hybridized carbons (Fsp3) is 1.00. The predicted octanol–water partition coefficient (Wildman–Crippen LogP) is 1.56. The number of hydrogen-bond donors (Lipinski definition) is 2. The van der Waals surface area contributed by atoms with Crippen molar-refractivity contribution in [2.75, 3.05) is 13.2 Å². The van der Waals surface area contributed by atoms with Gasteiger partial charge in [-0.1, -0.05) is 26.7 Å². The number of nitrogens with one attached hydrogen (secondary N) is 1. The predicted molar refractivity (Wildman–Crippen MR) is 52.7 cm³/mol. The number of rotatable bonds is 3. The van der Waals surface area contributed by atoms with Crippen LogP contribution in [-0.4, -0.2) is 13.2 Å². The molecule has 3 N–H and O–H groups in total. The Balaban J connectivity index is 2.28. The first-order chi connectivity index (χ1) is 5.74. The molecule has 0 radical (unpaired) electrons. The molecular weight excluding hydrogens is 148 g/mol. The van der Waals surface area contributed by atoms with Gasteiger partial charge in [-0.15, -0.1) is 0 Å². The van der Waals surface area contributed by atoms with E-state index in [9.17, 15) is 0 Å². The van der Waals surface area contributed by atoms with E-state index in [0.29, 0.717) is 6.67 Å². The summed E-state index contributed by atoms with van der Waals surface area (Å²) in [7, 11) is 0. The molecule has 0 bridgehead atoms. The van der Waals surface area contributed by atoms with Crippen LogP contribution in [-0.2, 0) is 0 Å². The smallest absolute Gasteiger partial charge is 0.0428 e. The first kappa shape index (κ1) is 10.0. The maximum atomic E-state index is 5.41. The SMILES string of the molecule is CC1CC[C@H](C)CC1CNCN. The Morgan fingerprint density at radius 3 is 2.75 bits per heavy atom. The van der Waals surface area contributed by atoms with Crippen LogP contribution in [0.4, 0.5) is 0 Å². The Hall–Kier alpha value is -0.0800. The molecule has 72 valence electrons. The zero-order chi connectivity index (χ0) is 8.97. The van der Waals surface area contributed by atoms with Crippen molar-refractivity contribution in [3.8, 4) is 0 Å². The standard InChI is InChI=1S/C10H22N2/c1-8-3-4-9(2)10(5-8)6-12-7-11/h8-10,12H,3-7,11H2,1-2H3/t8-,9?,10?/m0/s1. The molecule has 12 heavy (non-hydrogen) atoms. The van der Waals surface area contributed by atoms with E-state index in [1.807, 2.05) is 0 Å². The highest BCUT2D eigenvalue weighted by atomic mass is 15.0. The van der Waals surface area contributed by atoms with Gasteiger partial charge in [0.1, 0.15) is 0 Å². The molecule has 2 nitrogen and oxygen atoms in total. The molecule has 2 heteroatoms. The van der Waals surface area contributed by atoms with Crippen molar-refractivity contribution in [3.63, 3.8) is 0 Å². The fourth-order valence-corrected chi connectivity index (χ4v) is 2.20. The average Bonchev–Trinajstić information content (AvgIpc) is 2.07. The summed E-state index contributed by atoms with van der Waals surface area (Å²) in [4.78, 5) is 0. The lowest BCUT2D eigenvalue weighted by atomic mass is 9.75. The molecule has 1 rings (SSSR count). The Morgan fingerprint density at radius 2 is 2.08 bits per heavy atom. The van der Waals surface area contributed by atoms with Gasteiger partial charge >= 0.3 is 0 Å². The maximum absolute atomic E-state index is 5.41. The van der Waals surface area contributed by atoms with Crippen LogP contribution in [0.1, 0.15) is 33.1 Å². The van der Waals surface area contributed by atoms with E-state index in [2.05, 4.69) is 19.2 Å². The third-order valence-corrected chi connectivity index (χ3v) is 3.18. The van der Waals surface area contributed by atoms with Gasteiger partial charge in [-0.3, -0.25) is 0 Å². The van der Waals surface area contributed by atoms with Crippen LogP contribution < -0.4 is 11.1 Å². The summed E-state index contributed by atoms with van der Waals surface area (Å²) in [6, 6.07) is 0. The topological polar surface area (TPSA) is 38.0 Å². The fourth-order valence-electron chi connectivity index (χ4n) is 2.20. The van der Waals surface area contributed by atoms with Crippen LogP contribution in [0, 0.1) is 17.8 Å². The molecule has 0 saturated heterocycles. The lowest BCUT2D eigenvalue weighted by Gasteiger charge is -2.32. The highest BCUT2D eigenvalue weighted by molar-refractivity contribution is 4.77. The molecule has 1 saturated carbocycles. The van der Waals surface area contributed by atoms with Crippen LogP contribution in [0.5, 0.6) is 0 Å². The van der Waals surface area contributed by atoms with Crippen molar-refractivity contribution < 1.29 is 0 Å². The molecular formula is C10H22N2. The van der Waals surface area contributed by atoms with Gasteiger partial charge in [0, 0.05) is 6.67 Å². The maximum Gasteiger partial charge on any atom is 0.0428 e. The van der Waals surface area contributed by atoms with E-state index in [1.165, 1.54) is 19.3 Å². The highest BCUT2D eigenvalue weighted by Gasteiger charge is 2.24. The van der Waals surface area contributed by atoms with E-state index in [0.717, 1.165) is 24.3 Å². The molecule has 0 aromatic heterocycles. The summed E-state index contributed by atoms with van der Waals surface area (Å²) in [5.41, 5.74) is 5.41. The molecule has 0 amide bonds. The van der Waals surface area contributed by atoms with Crippen molar-refractivity contribution in [2.24, 2.45) is 23.5 Å². The van der Waals surface area contributed by atoms with E-state index in [-0.39, 0.29) is 0 Å². The van der Waals surface area contributed by atoms with Crippen LogP contribution >= 0.6 is 0 Å². The van der Waals surface area contributed by atoms with Gasteiger partial charge in [-0.25, -0.2) is 0 Å². The molecule has 0 aromatic rings. The van der Waals surface area contributed by atoms with Gasteiger partial charge in [0.05, 0.1) is 0 Å². The zero-order valence-corrected chi connectivity index (χ0v) is 8.34. The van der Waals surface area contributed by atoms with Gasteiger partial charge in [-0.05, 0) is 30.7 Å². The monoisotopic (exact) mass is 170 g/mol. The van der Waals surface area contributed by atoms with Crippen LogP contribution in [0.15, 0.2) is 0 Å². The van der Waals surface area contributed by atoms with Crippen molar-refractivity contribution in [3.05, 3.63) is 0 Å². The van der Waals surface area contributed by atoms with Gasteiger partial charge in [0.2, 0.25) is 0 Å². The van der Waals surface area contributed by atoms with Gasteiger partial charge in [0.25, 0.3) is 0 Å². The molecule has 0 aliphatic heterocycles. The molecule has 1 fully saturated rings. The van der Waals surface area contributed by atoms with Crippen molar-refractivity contribution in [2.45, 2.75) is 33.1 Å². The van der Waals surface area contributed by atoms with Crippen LogP contribution in [0.3, 0.4) is 0 Å².